The monoisotopic (exact) mass is 302 g/mol. The molecule has 0 saturated heterocycles. The summed E-state index contributed by atoms with van der Waals surface area (Å²) >= 11 is 1.77. The number of carboxylic acid groups (broad SMARTS) is 1. The number of aromatic nitrogens is 2. The zero-order valence-electron chi connectivity index (χ0n) is 6.25. The third-order valence-corrected chi connectivity index (χ3v) is 1.81. The second-order valence-corrected chi connectivity index (χ2v) is 3.34. The molecule has 0 bridgehead atoms. The Morgan fingerprint density at radius 1 is 1.77 bits per heavy atom. The van der Waals surface area contributed by atoms with E-state index in [2.05, 4.69) is 5.10 Å². The fourth-order valence-electron chi connectivity index (χ4n) is 0.827. The first-order chi connectivity index (χ1) is 6.00. The number of carboxylic acids is 1. The Morgan fingerprint density at radius 3 is 2.85 bits per heavy atom. The number of rotatable bonds is 3. The van der Waals surface area contributed by atoms with E-state index in [1.165, 1.54) is 6.07 Å². The van der Waals surface area contributed by atoms with E-state index in [9.17, 15) is 13.6 Å². The molecule has 0 unspecified atom stereocenters. The second-order valence-electron chi connectivity index (χ2n) is 2.23. The summed E-state index contributed by atoms with van der Waals surface area (Å²) in [5.74, 6) is -1.25. The summed E-state index contributed by atoms with van der Waals surface area (Å²) in [6.45, 7) is -0.690. The Hall–Kier alpha value is -0.730. The van der Waals surface area contributed by atoms with E-state index in [0.717, 1.165) is 4.68 Å². The highest BCUT2D eigenvalue weighted by molar-refractivity contribution is 14.1. The first-order valence-electron chi connectivity index (χ1n) is 3.25. The molecule has 1 aromatic rings. The van der Waals surface area contributed by atoms with Crippen LogP contribution in [0.1, 0.15) is 10.5 Å². The smallest absolute Gasteiger partial charge is 0.354 e. The molecule has 0 amide bonds. The van der Waals surface area contributed by atoms with Crippen molar-refractivity contribution in [1.29, 1.82) is 0 Å². The Bertz CT molecular complexity index is 326. The van der Waals surface area contributed by atoms with E-state index in [-0.39, 0.29) is 5.69 Å². The summed E-state index contributed by atoms with van der Waals surface area (Å²) in [6, 6.07) is 1.24. The normalized spacial score (nSPS) is 10.8. The molecule has 0 fully saturated rings. The summed E-state index contributed by atoms with van der Waals surface area (Å²) in [5.41, 5.74) is -0.218. The summed E-state index contributed by atoms with van der Waals surface area (Å²) < 4.78 is 25.0. The summed E-state index contributed by atoms with van der Waals surface area (Å²) in [4.78, 5) is 10.5. The van der Waals surface area contributed by atoms with Gasteiger partial charge in [-0.1, -0.05) is 0 Å². The lowest BCUT2D eigenvalue weighted by Gasteiger charge is -2.01. The molecular weight excluding hydrogens is 297 g/mol. The van der Waals surface area contributed by atoms with Gasteiger partial charge < -0.3 is 5.11 Å². The lowest BCUT2D eigenvalue weighted by Crippen LogP contribution is -2.14. The summed E-state index contributed by atoms with van der Waals surface area (Å²) in [7, 11) is 0. The van der Waals surface area contributed by atoms with E-state index in [1.54, 1.807) is 22.6 Å². The molecule has 72 valence electrons. The number of hydrogen-bond donors (Lipinski definition) is 1. The van der Waals surface area contributed by atoms with Crippen LogP contribution in [-0.4, -0.2) is 27.3 Å². The van der Waals surface area contributed by atoms with Crippen LogP contribution in [0.2, 0.25) is 0 Å². The van der Waals surface area contributed by atoms with Crippen LogP contribution in [-0.2, 0) is 6.54 Å². The topological polar surface area (TPSA) is 55.1 Å². The van der Waals surface area contributed by atoms with Gasteiger partial charge in [-0.3, -0.25) is 4.68 Å². The molecule has 0 aliphatic heterocycles. The zero-order valence-corrected chi connectivity index (χ0v) is 8.40. The van der Waals surface area contributed by atoms with Gasteiger partial charge in [0.2, 0.25) is 0 Å². The molecule has 0 radical (unpaired) electrons. The molecule has 1 rings (SSSR count). The van der Waals surface area contributed by atoms with Gasteiger partial charge in [-0.25, -0.2) is 13.6 Å². The highest BCUT2D eigenvalue weighted by Gasteiger charge is 2.15. The van der Waals surface area contributed by atoms with Crippen molar-refractivity contribution in [2.75, 3.05) is 0 Å². The Kier molecular flexibility index (Phi) is 3.17. The number of halogens is 3. The zero-order chi connectivity index (χ0) is 10.0. The van der Waals surface area contributed by atoms with E-state index < -0.39 is 18.9 Å². The van der Waals surface area contributed by atoms with E-state index >= 15 is 0 Å². The molecule has 0 atom stereocenters. The van der Waals surface area contributed by atoms with Crippen LogP contribution >= 0.6 is 22.6 Å². The second kappa shape index (κ2) is 3.99. The van der Waals surface area contributed by atoms with Crippen LogP contribution in [0, 0.1) is 3.70 Å². The van der Waals surface area contributed by atoms with Gasteiger partial charge >= 0.3 is 5.97 Å². The number of carbonyl (C=O) groups is 1. The van der Waals surface area contributed by atoms with E-state index in [1.807, 2.05) is 0 Å². The van der Waals surface area contributed by atoms with Crippen molar-refractivity contribution in [3.05, 3.63) is 15.5 Å². The maximum atomic E-state index is 11.9. The maximum absolute atomic E-state index is 11.9. The van der Waals surface area contributed by atoms with Gasteiger partial charge in [0.25, 0.3) is 6.43 Å². The van der Waals surface area contributed by atoms with Gasteiger partial charge in [0.05, 0.1) is 0 Å². The van der Waals surface area contributed by atoms with Crippen LogP contribution in [0.15, 0.2) is 6.07 Å². The Balaban J connectivity index is 2.97. The number of alkyl halides is 2. The van der Waals surface area contributed by atoms with Crippen LogP contribution in [0.25, 0.3) is 0 Å². The molecule has 1 N–H and O–H groups in total. The average molecular weight is 302 g/mol. The van der Waals surface area contributed by atoms with E-state index in [0.29, 0.717) is 3.70 Å². The van der Waals surface area contributed by atoms with Crippen LogP contribution in [0.4, 0.5) is 8.78 Å². The predicted octanol–water partition coefficient (Wildman–Crippen LogP) is 1.45. The molecule has 4 nitrogen and oxygen atoms in total. The Morgan fingerprint density at radius 2 is 2.38 bits per heavy atom. The molecule has 1 aromatic heterocycles. The maximum Gasteiger partial charge on any atom is 0.354 e. The SMILES string of the molecule is O=C(O)c1cc(I)nn1CC(F)F. The fraction of sp³-hybridized carbons (Fsp3) is 0.333. The quantitative estimate of drug-likeness (QED) is 0.860. The van der Waals surface area contributed by atoms with Gasteiger partial charge in [0.15, 0.2) is 0 Å². The van der Waals surface area contributed by atoms with Crippen LogP contribution in [0.5, 0.6) is 0 Å². The molecule has 0 aliphatic carbocycles. The van der Waals surface area contributed by atoms with Crippen molar-refractivity contribution in [2.45, 2.75) is 13.0 Å². The first-order valence-corrected chi connectivity index (χ1v) is 4.33. The minimum atomic E-state index is -2.60. The molecule has 7 heteroatoms. The molecule has 0 spiro atoms. The van der Waals surface area contributed by atoms with Crippen molar-refractivity contribution in [3.63, 3.8) is 0 Å². The minimum absolute atomic E-state index is 0.218. The highest BCUT2D eigenvalue weighted by Crippen LogP contribution is 2.09. The van der Waals surface area contributed by atoms with E-state index in [4.69, 9.17) is 5.11 Å². The Labute approximate surface area is 85.7 Å². The van der Waals surface area contributed by atoms with Crippen LogP contribution in [0.3, 0.4) is 0 Å². The van der Waals surface area contributed by atoms with Crippen molar-refractivity contribution in [1.82, 2.24) is 9.78 Å². The summed E-state index contributed by atoms with van der Waals surface area (Å²) in [6.07, 6.45) is -2.60. The third kappa shape index (κ3) is 2.61. The third-order valence-electron chi connectivity index (χ3n) is 1.28. The molecule has 0 saturated carbocycles. The minimum Gasteiger partial charge on any atom is -0.477 e. The largest absolute Gasteiger partial charge is 0.477 e. The molecule has 0 aliphatic rings. The molecule has 0 aromatic carbocycles. The number of aromatic carboxylic acids is 1. The lowest BCUT2D eigenvalue weighted by molar-refractivity contribution is 0.0671. The fourth-order valence-corrected chi connectivity index (χ4v) is 1.38. The highest BCUT2D eigenvalue weighted by atomic mass is 127. The molecular formula is C6H5F2IN2O2. The average Bonchev–Trinajstić information content (AvgIpc) is 2.29. The van der Waals surface area contributed by atoms with Gasteiger partial charge in [-0.2, -0.15) is 5.10 Å². The molecule has 1 heterocycles. The number of nitrogens with zero attached hydrogens (tertiary/aromatic N) is 2. The van der Waals surface area contributed by atoms with Gasteiger partial charge in [0, 0.05) is 6.07 Å². The predicted molar refractivity (Wildman–Crippen MR) is 47.9 cm³/mol. The lowest BCUT2D eigenvalue weighted by atomic mass is 10.4. The first kappa shape index (κ1) is 10.4. The van der Waals surface area contributed by atoms with Gasteiger partial charge in [0.1, 0.15) is 15.9 Å². The van der Waals surface area contributed by atoms with Gasteiger partial charge in [-0.15, -0.1) is 0 Å². The number of hydrogen-bond acceptors (Lipinski definition) is 2. The van der Waals surface area contributed by atoms with Crippen molar-refractivity contribution < 1.29 is 18.7 Å². The summed E-state index contributed by atoms with van der Waals surface area (Å²) in [5, 5.41) is 12.2. The van der Waals surface area contributed by atoms with Crippen LogP contribution < -0.4 is 0 Å². The standard InChI is InChI=1S/C6H5F2IN2O2/c7-4(8)2-11-3(6(12)13)1-5(9)10-11/h1,4H,2H2,(H,12,13). The van der Waals surface area contributed by atoms with Crippen molar-refractivity contribution in [2.24, 2.45) is 0 Å². The molecule has 13 heavy (non-hydrogen) atoms. The van der Waals surface area contributed by atoms with Gasteiger partial charge in [-0.05, 0) is 22.6 Å². The van der Waals surface area contributed by atoms with Crippen molar-refractivity contribution in [3.8, 4) is 0 Å². The van der Waals surface area contributed by atoms with Crippen molar-refractivity contribution >= 4 is 28.6 Å².